The number of aliphatic carboxylic acids is 1. The van der Waals surface area contributed by atoms with Gasteiger partial charge in [0.15, 0.2) is 17.3 Å². The van der Waals surface area contributed by atoms with Gasteiger partial charge in [-0.3, -0.25) is 14.4 Å². The number of hydrazone groups is 1. The van der Waals surface area contributed by atoms with Gasteiger partial charge in [-0.25, -0.2) is 5.43 Å². The number of furan rings is 1. The lowest BCUT2D eigenvalue weighted by atomic mass is 9.82. The molecular weight excluding hydrogens is 418 g/mol. The topological polar surface area (TPSA) is 139 Å². The fraction of sp³-hybridized carbons (Fsp3) is 0.273. The maximum absolute atomic E-state index is 13.0. The van der Waals surface area contributed by atoms with Gasteiger partial charge in [-0.05, 0) is 38.0 Å². The van der Waals surface area contributed by atoms with Crippen molar-refractivity contribution < 1.29 is 33.4 Å². The summed E-state index contributed by atoms with van der Waals surface area (Å²) in [4.78, 5) is 36.7. The molecule has 0 radical (unpaired) electrons. The quantitative estimate of drug-likeness (QED) is 0.357. The van der Waals surface area contributed by atoms with Gasteiger partial charge in [-0.2, -0.15) is 5.10 Å². The number of ether oxygens (including phenoxy) is 2. The second kappa shape index (κ2) is 8.96. The zero-order chi connectivity index (χ0) is 22.7. The van der Waals surface area contributed by atoms with Crippen LogP contribution in [0, 0.1) is 11.8 Å². The first-order chi connectivity index (χ1) is 15.4. The van der Waals surface area contributed by atoms with Crippen LogP contribution in [0.2, 0.25) is 0 Å². The molecule has 2 aromatic rings. The van der Waals surface area contributed by atoms with Crippen LogP contribution in [0.15, 0.2) is 52.2 Å². The molecule has 1 aromatic heterocycles. The lowest BCUT2D eigenvalue weighted by Crippen LogP contribution is -2.35. The number of amides is 2. The summed E-state index contributed by atoms with van der Waals surface area (Å²) >= 11 is 0. The zero-order valence-electron chi connectivity index (χ0n) is 17.2. The number of carbonyl (C=O) groups excluding carboxylic acids is 2. The highest BCUT2D eigenvalue weighted by molar-refractivity contribution is 6.08. The number of carboxylic acids is 1. The lowest BCUT2D eigenvalue weighted by Gasteiger charge is -2.24. The van der Waals surface area contributed by atoms with E-state index < -0.39 is 29.6 Å². The number of fused-ring (bicyclic) bond motifs is 1. The highest BCUT2D eigenvalue weighted by Crippen LogP contribution is 2.38. The molecule has 0 saturated heterocycles. The first-order valence-corrected chi connectivity index (χ1v) is 9.95. The summed E-state index contributed by atoms with van der Waals surface area (Å²) in [5.74, 6) is -2.48. The Balaban J connectivity index is 1.59. The smallest absolute Gasteiger partial charge is 0.307 e. The molecule has 4 rings (SSSR count). The van der Waals surface area contributed by atoms with Crippen molar-refractivity contribution in [3.63, 3.8) is 0 Å². The summed E-state index contributed by atoms with van der Waals surface area (Å²) < 4.78 is 15.9. The van der Waals surface area contributed by atoms with Gasteiger partial charge in [0, 0.05) is 11.6 Å². The highest BCUT2D eigenvalue weighted by Gasteiger charge is 2.34. The number of hydrogen-bond acceptors (Lipinski definition) is 7. The van der Waals surface area contributed by atoms with Gasteiger partial charge >= 0.3 is 11.9 Å². The number of hydrogen-bond donors (Lipinski definition) is 3. The Morgan fingerprint density at radius 3 is 2.50 bits per heavy atom. The van der Waals surface area contributed by atoms with Gasteiger partial charge in [-0.15, -0.1) is 0 Å². The van der Waals surface area contributed by atoms with E-state index in [1.807, 2.05) is 0 Å². The van der Waals surface area contributed by atoms with E-state index in [4.69, 9.17) is 13.9 Å². The molecule has 0 spiro atoms. The molecule has 0 bridgehead atoms. The van der Waals surface area contributed by atoms with E-state index in [9.17, 15) is 19.5 Å². The average molecular weight is 439 g/mol. The van der Waals surface area contributed by atoms with Crippen molar-refractivity contribution in [1.29, 1.82) is 0 Å². The SMILES string of the molecule is C/C(=N\NC(=O)c1ccco1)c1cc2c(cc1NC(=O)[C@@H]1CC=CC[C@H]1C(=O)O)OCO2. The van der Waals surface area contributed by atoms with E-state index in [-0.39, 0.29) is 12.6 Å². The van der Waals surface area contributed by atoms with Crippen molar-refractivity contribution >= 4 is 29.2 Å². The Bertz CT molecular complexity index is 1100. The van der Waals surface area contributed by atoms with Crippen LogP contribution in [0.25, 0.3) is 0 Å². The first kappa shape index (κ1) is 21.2. The van der Waals surface area contributed by atoms with E-state index in [0.29, 0.717) is 41.3 Å². The normalized spacial score (nSPS) is 19.5. The molecule has 10 heteroatoms. The number of nitrogens with zero attached hydrogens (tertiary/aromatic N) is 1. The van der Waals surface area contributed by atoms with Crippen LogP contribution in [0.3, 0.4) is 0 Å². The summed E-state index contributed by atoms with van der Waals surface area (Å²) in [6, 6.07) is 6.33. The summed E-state index contributed by atoms with van der Waals surface area (Å²) in [5, 5.41) is 16.4. The van der Waals surface area contributed by atoms with Crippen LogP contribution in [-0.2, 0) is 9.59 Å². The maximum Gasteiger partial charge on any atom is 0.307 e. The molecule has 1 aliphatic carbocycles. The Kier molecular flexibility index (Phi) is 5.93. The molecule has 1 aliphatic heterocycles. The largest absolute Gasteiger partial charge is 0.481 e. The highest BCUT2D eigenvalue weighted by atomic mass is 16.7. The van der Waals surface area contributed by atoms with E-state index in [0.717, 1.165) is 0 Å². The predicted molar refractivity (Wildman–Crippen MR) is 113 cm³/mol. The summed E-state index contributed by atoms with van der Waals surface area (Å²) in [5.41, 5.74) is 3.64. The first-order valence-electron chi connectivity index (χ1n) is 9.95. The monoisotopic (exact) mass is 439 g/mol. The molecule has 10 nitrogen and oxygen atoms in total. The van der Waals surface area contributed by atoms with E-state index >= 15 is 0 Å². The number of allylic oxidation sites excluding steroid dienone is 2. The summed E-state index contributed by atoms with van der Waals surface area (Å²) in [6.45, 7) is 1.69. The lowest BCUT2D eigenvalue weighted by molar-refractivity contribution is -0.146. The van der Waals surface area contributed by atoms with Gasteiger partial charge in [0.1, 0.15) is 0 Å². The second-order valence-electron chi connectivity index (χ2n) is 7.35. The molecular formula is C22H21N3O7. The number of nitrogens with one attached hydrogen (secondary N) is 2. The van der Waals surface area contributed by atoms with Crippen molar-refractivity contribution in [2.75, 3.05) is 12.1 Å². The standard InChI is InChI=1S/C22H21N3O7/c1-12(24-25-21(27)17-7-4-8-30-17)15-9-18-19(32-11-31-18)10-16(15)23-20(26)13-5-2-3-6-14(13)22(28)29/h2-4,7-10,13-14H,5-6,11H2,1H3,(H,23,26)(H,25,27)(H,28,29)/b24-12+/t13-,14-/m1/s1. The number of rotatable bonds is 6. The van der Waals surface area contributed by atoms with Crippen molar-refractivity contribution in [2.24, 2.45) is 16.9 Å². The van der Waals surface area contributed by atoms with Crippen molar-refractivity contribution in [2.45, 2.75) is 19.8 Å². The third-order valence-corrected chi connectivity index (χ3v) is 5.32. The molecule has 32 heavy (non-hydrogen) atoms. The Hall–Kier alpha value is -4.08. The Morgan fingerprint density at radius 1 is 1.09 bits per heavy atom. The molecule has 2 heterocycles. The maximum atomic E-state index is 13.0. The van der Waals surface area contributed by atoms with Crippen LogP contribution in [0.5, 0.6) is 11.5 Å². The van der Waals surface area contributed by atoms with Gasteiger partial charge < -0.3 is 24.3 Å². The van der Waals surface area contributed by atoms with Crippen LogP contribution in [0.4, 0.5) is 5.69 Å². The molecule has 0 fully saturated rings. The van der Waals surface area contributed by atoms with Gasteiger partial charge in [-0.1, -0.05) is 12.2 Å². The van der Waals surface area contributed by atoms with Crippen molar-refractivity contribution in [3.05, 3.63) is 54.0 Å². The molecule has 166 valence electrons. The van der Waals surface area contributed by atoms with Crippen molar-refractivity contribution in [1.82, 2.24) is 5.43 Å². The minimum Gasteiger partial charge on any atom is -0.481 e. The fourth-order valence-electron chi connectivity index (χ4n) is 3.60. The average Bonchev–Trinajstić information content (AvgIpc) is 3.48. The fourth-order valence-corrected chi connectivity index (χ4v) is 3.60. The number of carbonyl (C=O) groups is 3. The third-order valence-electron chi connectivity index (χ3n) is 5.32. The van der Waals surface area contributed by atoms with Gasteiger partial charge in [0.25, 0.3) is 0 Å². The molecule has 0 unspecified atom stereocenters. The predicted octanol–water partition coefficient (Wildman–Crippen LogP) is 2.77. The minimum absolute atomic E-state index is 0.0338. The zero-order valence-corrected chi connectivity index (χ0v) is 17.2. The molecule has 0 saturated carbocycles. The molecule has 2 aliphatic rings. The molecule has 1 aromatic carbocycles. The molecule has 3 N–H and O–H groups in total. The van der Waals surface area contributed by atoms with Crippen molar-refractivity contribution in [3.8, 4) is 11.5 Å². The Labute approximate surface area is 182 Å². The molecule has 2 amide bonds. The van der Waals surface area contributed by atoms with Crippen LogP contribution in [-0.4, -0.2) is 35.4 Å². The number of benzene rings is 1. The van der Waals surface area contributed by atoms with Crippen LogP contribution < -0.4 is 20.2 Å². The van der Waals surface area contributed by atoms with Crippen LogP contribution in [0.1, 0.15) is 35.9 Å². The van der Waals surface area contributed by atoms with Gasteiger partial charge in [0.2, 0.25) is 12.7 Å². The van der Waals surface area contributed by atoms with E-state index in [1.165, 1.54) is 12.3 Å². The van der Waals surface area contributed by atoms with Gasteiger partial charge in [0.05, 0.1) is 29.5 Å². The summed E-state index contributed by atoms with van der Waals surface area (Å²) in [6.07, 6.45) is 5.58. The minimum atomic E-state index is -1.02. The second-order valence-corrected chi connectivity index (χ2v) is 7.35. The third kappa shape index (κ3) is 4.34. The Morgan fingerprint density at radius 2 is 1.81 bits per heavy atom. The summed E-state index contributed by atoms with van der Waals surface area (Å²) in [7, 11) is 0. The number of carboxylic acid groups (broad SMARTS) is 1. The van der Waals surface area contributed by atoms with E-state index in [2.05, 4.69) is 15.8 Å². The van der Waals surface area contributed by atoms with Crippen LogP contribution >= 0.6 is 0 Å². The molecule has 2 atom stereocenters. The van der Waals surface area contributed by atoms with E-state index in [1.54, 1.807) is 37.3 Å². The number of anilines is 1.